The van der Waals surface area contributed by atoms with E-state index in [4.69, 9.17) is 27.3 Å². The number of oxime groups is 1. The van der Waals surface area contributed by atoms with Gasteiger partial charge in [0.2, 0.25) is 0 Å². The zero-order chi connectivity index (χ0) is 14.8. The lowest BCUT2D eigenvalue weighted by atomic mass is 10.1. The number of aryl methyl sites for hydroxylation is 2. The van der Waals surface area contributed by atoms with Crippen molar-refractivity contribution in [1.29, 1.82) is 0 Å². The van der Waals surface area contributed by atoms with Crippen LogP contribution in [0.3, 0.4) is 0 Å². The molecule has 0 saturated carbocycles. The van der Waals surface area contributed by atoms with Crippen LogP contribution in [0.4, 0.5) is 0 Å². The summed E-state index contributed by atoms with van der Waals surface area (Å²) in [5, 5.41) is 12.3. The van der Waals surface area contributed by atoms with Gasteiger partial charge in [-0.05, 0) is 54.7 Å². The minimum Gasteiger partial charge on any atom is -0.457 e. The monoisotopic (exact) mass is 302 g/mol. The second-order valence-corrected chi connectivity index (χ2v) is 5.39. The van der Waals surface area contributed by atoms with Gasteiger partial charge in [-0.15, -0.1) is 0 Å². The Hall–Kier alpha value is -2.20. The maximum absolute atomic E-state index is 8.88. The smallest absolute Gasteiger partial charge is 0.175 e. The molecule has 2 aromatic carbocycles. The standard InChI is InChI=1S/C16H15ClN2O2/c17-13-5-2-6-14(15(13)16(18)19-20)21-12-8-7-10-3-1-4-11(10)9-12/h2,5-9,20H,1,3-4H2,(H2,18,19). The van der Waals surface area contributed by atoms with Crippen LogP contribution in [0.5, 0.6) is 11.5 Å². The van der Waals surface area contributed by atoms with E-state index in [0.717, 1.165) is 18.6 Å². The molecular formula is C16H15ClN2O2. The van der Waals surface area contributed by atoms with Crippen molar-refractivity contribution in [3.8, 4) is 11.5 Å². The highest BCUT2D eigenvalue weighted by Crippen LogP contribution is 2.32. The molecule has 0 saturated heterocycles. The van der Waals surface area contributed by atoms with Gasteiger partial charge in [-0.1, -0.05) is 28.9 Å². The largest absolute Gasteiger partial charge is 0.457 e. The van der Waals surface area contributed by atoms with Crippen LogP contribution >= 0.6 is 11.6 Å². The summed E-state index contributed by atoms with van der Waals surface area (Å²) in [4.78, 5) is 0. The summed E-state index contributed by atoms with van der Waals surface area (Å²) in [7, 11) is 0. The second-order valence-electron chi connectivity index (χ2n) is 4.98. The lowest BCUT2D eigenvalue weighted by Gasteiger charge is -2.12. The van der Waals surface area contributed by atoms with Gasteiger partial charge in [0.1, 0.15) is 11.5 Å². The molecule has 0 spiro atoms. The Kier molecular flexibility index (Phi) is 3.71. The number of fused-ring (bicyclic) bond motifs is 1. The van der Waals surface area contributed by atoms with Crippen molar-refractivity contribution in [2.24, 2.45) is 10.9 Å². The molecule has 0 bridgehead atoms. The average molecular weight is 303 g/mol. The number of ether oxygens (including phenoxy) is 1. The van der Waals surface area contributed by atoms with E-state index < -0.39 is 0 Å². The first-order chi connectivity index (χ1) is 10.2. The average Bonchev–Trinajstić information content (AvgIpc) is 2.94. The molecule has 4 nitrogen and oxygen atoms in total. The van der Waals surface area contributed by atoms with Crippen LogP contribution in [0, 0.1) is 0 Å². The fourth-order valence-electron chi connectivity index (χ4n) is 2.63. The molecule has 3 rings (SSSR count). The van der Waals surface area contributed by atoms with Crippen LogP contribution in [0.25, 0.3) is 0 Å². The fraction of sp³-hybridized carbons (Fsp3) is 0.188. The van der Waals surface area contributed by atoms with E-state index in [0.29, 0.717) is 16.3 Å². The molecule has 0 unspecified atom stereocenters. The van der Waals surface area contributed by atoms with E-state index in [1.165, 1.54) is 17.5 Å². The molecule has 0 radical (unpaired) electrons. The summed E-state index contributed by atoms with van der Waals surface area (Å²) >= 11 is 6.11. The molecule has 21 heavy (non-hydrogen) atoms. The molecule has 0 fully saturated rings. The zero-order valence-corrected chi connectivity index (χ0v) is 12.1. The third-order valence-corrected chi connectivity index (χ3v) is 3.95. The van der Waals surface area contributed by atoms with Crippen molar-refractivity contribution in [2.75, 3.05) is 0 Å². The van der Waals surface area contributed by atoms with Gasteiger partial charge in [-0.2, -0.15) is 0 Å². The molecule has 0 heterocycles. The summed E-state index contributed by atoms with van der Waals surface area (Å²) in [6.45, 7) is 0. The number of amidine groups is 1. The molecule has 0 aliphatic heterocycles. The maximum Gasteiger partial charge on any atom is 0.175 e. The fourth-order valence-corrected chi connectivity index (χ4v) is 2.89. The summed E-state index contributed by atoms with van der Waals surface area (Å²) in [5.74, 6) is 1.12. The Balaban J connectivity index is 1.97. The molecule has 108 valence electrons. The highest BCUT2D eigenvalue weighted by molar-refractivity contribution is 6.34. The van der Waals surface area contributed by atoms with Crippen LogP contribution in [0.2, 0.25) is 5.02 Å². The summed E-state index contributed by atoms with van der Waals surface area (Å²) in [6.07, 6.45) is 3.39. The van der Waals surface area contributed by atoms with Gasteiger partial charge < -0.3 is 15.7 Å². The van der Waals surface area contributed by atoms with Crippen molar-refractivity contribution >= 4 is 17.4 Å². The van der Waals surface area contributed by atoms with Gasteiger partial charge in [0, 0.05) is 0 Å². The lowest BCUT2D eigenvalue weighted by Crippen LogP contribution is -2.14. The van der Waals surface area contributed by atoms with E-state index >= 15 is 0 Å². The van der Waals surface area contributed by atoms with Crippen LogP contribution < -0.4 is 10.5 Å². The maximum atomic E-state index is 8.88. The van der Waals surface area contributed by atoms with Gasteiger partial charge >= 0.3 is 0 Å². The molecular weight excluding hydrogens is 288 g/mol. The van der Waals surface area contributed by atoms with Gasteiger partial charge in [0.25, 0.3) is 0 Å². The number of nitrogens with zero attached hydrogens (tertiary/aromatic N) is 1. The van der Waals surface area contributed by atoms with Crippen molar-refractivity contribution in [2.45, 2.75) is 19.3 Å². The molecule has 1 aliphatic carbocycles. The number of hydrogen-bond acceptors (Lipinski definition) is 3. The van der Waals surface area contributed by atoms with Crippen LogP contribution in [0.1, 0.15) is 23.1 Å². The van der Waals surface area contributed by atoms with Gasteiger partial charge in [0.05, 0.1) is 10.6 Å². The predicted molar refractivity (Wildman–Crippen MR) is 82.5 cm³/mol. The first-order valence-electron chi connectivity index (χ1n) is 6.75. The summed E-state index contributed by atoms with van der Waals surface area (Å²) < 4.78 is 5.88. The molecule has 0 aromatic heterocycles. The van der Waals surface area contributed by atoms with Crippen molar-refractivity contribution in [1.82, 2.24) is 0 Å². The third kappa shape index (κ3) is 2.67. The molecule has 1 aliphatic rings. The van der Waals surface area contributed by atoms with Crippen molar-refractivity contribution in [3.63, 3.8) is 0 Å². The van der Waals surface area contributed by atoms with E-state index in [-0.39, 0.29) is 5.84 Å². The number of hydrogen-bond donors (Lipinski definition) is 2. The van der Waals surface area contributed by atoms with E-state index in [1.54, 1.807) is 18.2 Å². The Morgan fingerprint density at radius 3 is 2.81 bits per heavy atom. The third-order valence-electron chi connectivity index (χ3n) is 3.64. The highest BCUT2D eigenvalue weighted by Gasteiger charge is 2.15. The highest BCUT2D eigenvalue weighted by atomic mass is 35.5. The first kappa shape index (κ1) is 13.8. The Labute approximate surface area is 127 Å². The van der Waals surface area contributed by atoms with Gasteiger partial charge in [-0.25, -0.2) is 0 Å². The first-order valence-corrected chi connectivity index (χ1v) is 7.13. The Morgan fingerprint density at radius 1 is 1.19 bits per heavy atom. The minimum atomic E-state index is -0.0724. The van der Waals surface area contributed by atoms with E-state index in [9.17, 15) is 0 Å². The number of halogens is 1. The number of benzene rings is 2. The second kappa shape index (κ2) is 5.66. The molecule has 2 aromatic rings. The van der Waals surface area contributed by atoms with Crippen LogP contribution in [-0.2, 0) is 12.8 Å². The van der Waals surface area contributed by atoms with Crippen molar-refractivity contribution in [3.05, 3.63) is 58.1 Å². The molecule has 0 amide bonds. The van der Waals surface area contributed by atoms with Crippen LogP contribution in [-0.4, -0.2) is 11.0 Å². The van der Waals surface area contributed by atoms with Gasteiger partial charge in [0.15, 0.2) is 5.84 Å². The van der Waals surface area contributed by atoms with Crippen LogP contribution in [0.15, 0.2) is 41.6 Å². The zero-order valence-electron chi connectivity index (χ0n) is 11.3. The number of rotatable bonds is 3. The molecule has 5 heteroatoms. The quantitative estimate of drug-likeness (QED) is 0.393. The van der Waals surface area contributed by atoms with E-state index in [2.05, 4.69) is 11.2 Å². The Bertz CT molecular complexity index is 713. The minimum absolute atomic E-state index is 0.0724. The Morgan fingerprint density at radius 2 is 2.00 bits per heavy atom. The summed E-state index contributed by atoms with van der Waals surface area (Å²) in [5.41, 5.74) is 8.77. The molecule has 3 N–H and O–H groups in total. The van der Waals surface area contributed by atoms with E-state index in [1.807, 2.05) is 12.1 Å². The predicted octanol–water partition coefficient (Wildman–Crippen LogP) is 3.72. The normalized spacial score (nSPS) is 14.0. The SMILES string of the molecule is NC(=NO)c1c(Cl)cccc1Oc1ccc2c(c1)CCC2. The van der Waals surface area contributed by atoms with Gasteiger partial charge in [-0.3, -0.25) is 0 Å². The lowest BCUT2D eigenvalue weighted by molar-refractivity contribution is 0.318. The number of nitrogens with two attached hydrogens (primary N) is 1. The van der Waals surface area contributed by atoms with Crippen molar-refractivity contribution < 1.29 is 9.94 Å². The summed E-state index contributed by atoms with van der Waals surface area (Å²) in [6, 6.07) is 11.2. The molecule has 0 atom stereocenters. The topological polar surface area (TPSA) is 67.8 Å².